The Balaban J connectivity index is 1.78. The Bertz CT molecular complexity index is 1090. The highest BCUT2D eigenvalue weighted by Crippen LogP contribution is 2.20. The molecule has 8 nitrogen and oxygen atoms in total. The van der Waals surface area contributed by atoms with Crippen LogP contribution in [0, 0.1) is 6.92 Å². The van der Waals surface area contributed by atoms with Crippen LogP contribution in [0.15, 0.2) is 64.0 Å². The Kier molecular flexibility index (Phi) is 5.19. The van der Waals surface area contributed by atoms with Crippen molar-refractivity contribution in [3.63, 3.8) is 0 Å². The molecule has 0 unspecified atom stereocenters. The lowest BCUT2D eigenvalue weighted by atomic mass is 10.0. The zero-order valence-electron chi connectivity index (χ0n) is 15.6. The van der Waals surface area contributed by atoms with Gasteiger partial charge in [-0.25, -0.2) is 8.42 Å². The van der Waals surface area contributed by atoms with E-state index in [-0.39, 0.29) is 10.6 Å². The minimum Gasteiger partial charge on any atom is -0.340 e. The average Bonchev–Trinajstić information content (AvgIpc) is 3.09. The molecule has 1 heterocycles. The number of hydrogen-bond acceptors (Lipinski definition) is 6. The number of sulfonamides is 1. The van der Waals surface area contributed by atoms with E-state index in [2.05, 4.69) is 20.2 Å². The van der Waals surface area contributed by atoms with Gasteiger partial charge in [0.15, 0.2) is 5.82 Å². The average molecular weight is 400 g/mol. The van der Waals surface area contributed by atoms with E-state index in [1.54, 1.807) is 57.2 Å². The number of nitrogens with zero attached hydrogens (tertiary/aromatic N) is 2. The minimum absolute atomic E-state index is 0.137. The van der Waals surface area contributed by atoms with Crippen LogP contribution in [0.4, 0.5) is 5.69 Å². The number of carbonyl (C=O) groups excluding carboxylic acids is 1. The van der Waals surface area contributed by atoms with Gasteiger partial charge in [0.25, 0.3) is 15.9 Å². The van der Waals surface area contributed by atoms with E-state index in [1.165, 1.54) is 18.2 Å². The second kappa shape index (κ2) is 7.43. The Hall–Kier alpha value is -3.20. The van der Waals surface area contributed by atoms with Crippen LogP contribution in [-0.2, 0) is 15.6 Å². The molecule has 1 aromatic heterocycles. The van der Waals surface area contributed by atoms with E-state index in [0.717, 1.165) is 0 Å². The standard InChI is InChI=1S/C19H20N4O4S/c1-13-20-18(22-27-13)19(2,3)21-17(24)14-8-7-9-15(12-14)23-28(25,26)16-10-5-4-6-11-16/h4-12,23H,1-3H3,(H,21,24). The van der Waals surface area contributed by atoms with Gasteiger partial charge in [-0.15, -0.1) is 0 Å². The number of nitrogens with one attached hydrogen (secondary N) is 2. The predicted molar refractivity (Wildman–Crippen MR) is 103 cm³/mol. The molecule has 0 aliphatic heterocycles. The summed E-state index contributed by atoms with van der Waals surface area (Å²) >= 11 is 0. The number of carbonyl (C=O) groups is 1. The second-order valence-corrected chi connectivity index (χ2v) is 8.40. The molecule has 146 valence electrons. The fraction of sp³-hybridized carbons (Fsp3) is 0.211. The van der Waals surface area contributed by atoms with Gasteiger partial charge < -0.3 is 9.84 Å². The van der Waals surface area contributed by atoms with Crippen LogP contribution in [0.25, 0.3) is 0 Å². The highest BCUT2D eigenvalue weighted by molar-refractivity contribution is 7.92. The first-order valence-electron chi connectivity index (χ1n) is 8.49. The Morgan fingerprint density at radius 3 is 2.43 bits per heavy atom. The Morgan fingerprint density at radius 2 is 1.79 bits per heavy atom. The number of aryl methyl sites for hydroxylation is 1. The molecule has 0 fully saturated rings. The van der Waals surface area contributed by atoms with Crippen molar-refractivity contribution in [1.29, 1.82) is 0 Å². The van der Waals surface area contributed by atoms with Crippen LogP contribution in [0.2, 0.25) is 0 Å². The molecule has 0 aliphatic rings. The molecule has 3 aromatic rings. The highest BCUT2D eigenvalue weighted by Gasteiger charge is 2.28. The summed E-state index contributed by atoms with van der Waals surface area (Å²) in [6, 6.07) is 14.2. The van der Waals surface area contributed by atoms with E-state index in [4.69, 9.17) is 4.52 Å². The largest absolute Gasteiger partial charge is 0.340 e. The Labute approximate surface area is 163 Å². The molecule has 3 rings (SSSR count). The lowest BCUT2D eigenvalue weighted by molar-refractivity contribution is 0.0907. The van der Waals surface area contributed by atoms with Gasteiger partial charge in [-0.3, -0.25) is 9.52 Å². The fourth-order valence-electron chi connectivity index (χ4n) is 2.50. The number of benzene rings is 2. The molecule has 2 N–H and O–H groups in total. The zero-order chi connectivity index (χ0) is 20.4. The highest BCUT2D eigenvalue weighted by atomic mass is 32.2. The van der Waals surface area contributed by atoms with Crippen LogP contribution >= 0.6 is 0 Å². The molecular formula is C19H20N4O4S. The summed E-state index contributed by atoms with van der Waals surface area (Å²) in [5.41, 5.74) is -0.291. The molecule has 9 heteroatoms. The Morgan fingerprint density at radius 1 is 1.07 bits per heavy atom. The van der Waals surface area contributed by atoms with E-state index in [9.17, 15) is 13.2 Å². The summed E-state index contributed by atoms with van der Waals surface area (Å²) in [5.74, 6) is 0.349. The van der Waals surface area contributed by atoms with Gasteiger partial charge in [0.05, 0.1) is 10.4 Å². The second-order valence-electron chi connectivity index (χ2n) is 6.72. The number of anilines is 1. The molecule has 0 atom stereocenters. The van der Waals surface area contributed by atoms with Crippen molar-refractivity contribution in [3.8, 4) is 0 Å². The summed E-state index contributed by atoms with van der Waals surface area (Å²) in [4.78, 5) is 16.9. The quantitative estimate of drug-likeness (QED) is 0.658. The van der Waals surface area contributed by atoms with Crippen LogP contribution in [0.5, 0.6) is 0 Å². The fourth-order valence-corrected chi connectivity index (χ4v) is 3.57. The van der Waals surface area contributed by atoms with E-state index < -0.39 is 21.5 Å². The third kappa shape index (κ3) is 4.37. The van der Waals surface area contributed by atoms with Gasteiger partial charge >= 0.3 is 0 Å². The van der Waals surface area contributed by atoms with Crippen molar-refractivity contribution in [2.24, 2.45) is 0 Å². The van der Waals surface area contributed by atoms with E-state index in [1.807, 2.05) is 0 Å². The van der Waals surface area contributed by atoms with Gasteiger partial charge in [0.1, 0.15) is 0 Å². The van der Waals surface area contributed by atoms with Crippen LogP contribution in [0.1, 0.15) is 35.9 Å². The normalized spacial score (nSPS) is 11.8. The first-order chi connectivity index (χ1) is 13.2. The first-order valence-corrected chi connectivity index (χ1v) is 9.97. The topological polar surface area (TPSA) is 114 Å². The third-order valence-corrected chi connectivity index (χ3v) is 5.34. The summed E-state index contributed by atoms with van der Waals surface area (Å²) < 4.78 is 32.4. The predicted octanol–water partition coefficient (Wildman–Crippen LogP) is 2.84. The minimum atomic E-state index is -3.75. The molecule has 0 saturated heterocycles. The molecule has 2 aromatic carbocycles. The number of hydrogen-bond donors (Lipinski definition) is 2. The summed E-state index contributed by atoms with van der Waals surface area (Å²) in [6.45, 7) is 5.16. The van der Waals surface area contributed by atoms with Crippen molar-refractivity contribution < 1.29 is 17.7 Å². The molecule has 1 amide bonds. The van der Waals surface area contributed by atoms with Crippen molar-refractivity contribution in [2.75, 3.05) is 4.72 Å². The maximum absolute atomic E-state index is 12.7. The van der Waals surface area contributed by atoms with Crippen LogP contribution in [-0.4, -0.2) is 24.5 Å². The maximum Gasteiger partial charge on any atom is 0.261 e. The van der Waals surface area contributed by atoms with Crippen molar-refractivity contribution >= 4 is 21.6 Å². The van der Waals surface area contributed by atoms with E-state index >= 15 is 0 Å². The van der Waals surface area contributed by atoms with Gasteiger partial charge in [0.2, 0.25) is 5.89 Å². The summed E-state index contributed by atoms with van der Waals surface area (Å²) in [7, 11) is -3.75. The molecule has 0 bridgehead atoms. The molecular weight excluding hydrogens is 380 g/mol. The van der Waals surface area contributed by atoms with Gasteiger partial charge in [0, 0.05) is 18.2 Å². The molecule has 28 heavy (non-hydrogen) atoms. The first kappa shape index (κ1) is 19.6. The third-order valence-electron chi connectivity index (χ3n) is 3.94. The van der Waals surface area contributed by atoms with Gasteiger partial charge in [-0.2, -0.15) is 4.98 Å². The van der Waals surface area contributed by atoms with E-state index in [0.29, 0.717) is 17.3 Å². The number of rotatable bonds is 6. The smallest absolute Gasteiger partial charge is 0.261 e. The molecule has 0 saturated carbocycles. The molecule has 0 aliphatic carbocycles. The monoisotopic (exact) mass is 400 g/mol. The summed E-state index contributed by atoms with van der Waals surface area (Å²) in [6.07, 6.45) is 0. The lowest BCUT2D eigenvalue weighted by Crippen LogP contribution is -2.41. The van der Waals surface area contributed by atoms with Gasteiger partial charge in [-0.05, 0) is 44.2 Å². The van der Waals surface area contributed by atoms with Crippen LogP contribution < -0.4 is 10.0 Å². The van der Waals surface area contributed by atoms with Crippen molar-refractivity contribution in [1.82, 2.24) is 15.5 Å². The SMILES string of the molecule is Cc1nc(C(C)(C)NC(=O)c2cccc(NS(=O)(=O)c3ccccc3)c2)no1. The molecule has 0 spiro atoms. The van der Waals surface area contributed by atoms with Crippen LogP contribution in [0.3, 0.4) is 0 Å². The number of amides is 1. The number of aromatic nitrogens is 2. The lowest BCUT2D eigenvalue weighted by Gasteiger charge is -2.22. The van der Waals surface area contributed by atoms with Gasteiger partial charge in [-0.1, -0.05) is 29.4 Å². The zero-order valence-corrected chi connectivity index (χ0v) is 16.4. The summed E-state index contributed by atoms with van der Waals surface area (Å²) in [5, 5.41) is 6.66. The maximum atomic E-state index is 12.7. The van der Waals surface area contributed by atoms with Crippen molar-refractivity contribution in [3.05, 3.63) is 71.9 Å². The van der Waals surface area contributed by atoms with Crippen molar-refractivity contribution in [2.45, 2.75) is 31.2 Å². The molecule has 0 radical (unpaired) electrons.